The van der Waals surface area contributed by atoms with Crippen molar-refractivity contribution in [3.63, 3.8) is 0 Å². The number of ether oxygens (including phenoxy) is 1. The molecular weight excluding hydrogens is 426 g/mol. The number of allylic oxidation sites excluding steroid dienone is 3. The minimum Gasteiger partial charge on any atom is -0.494 e. The molecule has 8 heteroatoms. The van der Waals surface area contributed by atoms with Gasteiger partial charge in [-0.2, -0.15) is 5.26 Å². The fourth-order valence-corrected chi connectivity index (χ4v) is 4.78. The predicted molar refractivity (Wildman–Crippen MR) is 122 cm³/mol. The Kier molecular flexibility index (Phi) is 6.66. The van der Waals surface area contributed by atoms with Crippen molar-refractivity contribution < 1.29 is 18.7 Å². The standard InChI is InChI=1S/C24H23N3O4S/c1-2-30-16-10-8-15(9-11-16)26-21(29)14-32-24-17(13-25)22(20-7-4-12-31-20)23-18(27-24)5-3-6-19(23)28/h4,7-12,22,27H,2-3,5-6,14H2,1H3,(H,26,29). The van der Waals surface area contributed by atoms with Crippen molar-refractivity contribution in [2.45, 2.75) is 32.1 Å². The molecule has 1 atom stereocenters. The maximum Gasteiger partial charge on any atom is 0.234 e. The molecule has 0 saturated carbocycles. The van der Waals surface area contributed by atoms with Crippen molar-refractivity contribution in [2.75, 3.05) is 17.7 Å². The van der Waals surface area contributed by atoms with Crippen LogP contribution in [0.4, 0.5) is 5.69 Å². The molecule has 1 aromatic heterocycles. The number of rotatable bonds is 7. The highest BCUT2D eigenvalue weighted by Gasteiger charge is 2.38. The molecule has 1 aromatic carbocycles. The SMILES string of the molecule is CCOc1ccc(NC(=O)CSC2=C(C#N)C(c3ccco3)C3=C(CCCC3=O)N2)cc1. The van der Waals surface area contributed by atoms with Crippen LogP contribution in [-0.4, -0.2) is 24.1 Å². The second kappa shape index (κ2) is 9.79. The van der Waals surface area contributed by atoms with E-state index in [1.807, 2.05) is 6.92 Å². The molecule has 4 rings (SSSR count). The number of nitrogens with zero attached hydrogens (tertiary/aromatic N) is 1. The van der Waals surface area contributed by atoms with Crippen molar-refractivity contribution in [2.24, 2.45) is 0 Å². The summed E-state index contributed by atoms with van der Waals surface area (Å²) in [5, 5.41) is 16.6. The molecule has 0 bridgehead atoms. The van der Waals surface area contributed by atoms with E-state index in [1.165, 1.54) is 18.0 Å². The molecule has 0 radical (unpaired) electrons. The molecule has 2 aromatic rings. The third-order valence-corrected chi connectivity index (χ3v) is 6.30. The molecule has 0 fully saturated rings. The van der Waals surface area contributed by atoms with E-state index >= 15 is 0 Å². The lowest BCUT2D eigenvalue weighted by Gasteiger charge is -2.32. The molecule has 1 amide bonds. The highest BCUT2D eigenvalue weighted by molar-refractivity contribution is 8.03. The fraction of sp³-hybridized carbons (Fsp3) is 0.292. The number of thioether (sulfide) groups is 1. The van der Waals surface area contributed by atoms with Crippen LogP contribution in [0, 0.1) is 11.3 Å². The fourth-order valence-electron chi connectivity index (χ4n) is 3.91. The van der Waals surface area contributed by atoms with Gasteiger partial charge in [0.2, 0.25) is 5.91 Å². The summed E-state index contributed by atoms with van der Waals surface area (Å²) in [7, 11) is 0. The van der Waals surface area contributed by atoms with Crippen LogP contribution in [0.3, 0.4) is 0 Å². The number of hydrogen-bond acceptors (Lipinski definition) is 7. The van der Waals surface area contributed by atoms with Crippen molar-refractivity contribution in [3.05, 3.63) is 70.3 Å². The third kappa shape index (κ3) is 4.58. The van der Waals surface area contributed by atoms with Gasteiger partial charge >= 0.3 is 0 Å². The highest BCUT2D eigenvalue weighted by Crippen LogP contribution is 2.44. The van der Waals surface area contributed by atoms with Crippen LogP contribution in [-0.2, 0) is 9.59 Å². The Morgan fingerprint density at radius 3 is 2.81 bits per heavy atom. The Hall–Kier alpha value is -3.44. The molecule has 0 spiro atoms. The van der Waals surface area contributed by atoms with Gasteiger partial charge in [-0.3, -0.25) is 9.59 Å². The van der Waals surface area contributed by atoms with Gasteiger partial charge in [0, 0.05) is 23.4 Å². The molecule has 1 unspecified atom stereocenters. The van der Waals surface area contributed by atoms with Gasteiger partial charge in [0.05, 0.1) is 41.2 Å². The van der Waals surface area contributed by atoms with Crippen LogP contribution in [0.1, 0.15) is 37.9 Å². The van der Waals surface area contributed by atoms with Gasteiger partial charge in [0.25, 0.3) is 0 Å². The molecular formula is C24H23N3O4S. The van der Waals surface area contributed by atoms with Gasteiger partial charge < -0.3 is 19.8 Å². The number of ketones is 1. The molecule has 1 aliphatic carbocycles. The summed E-state index contributed by atoms with van der Waals surface area (Å²) in [5.41, 5.74) is 2.48. The van der Waals surface area contributed by atoms with Crippen LogP contribution in [0.25, 0.3) is 0 Å². The number of amides is 1. The van der Waals surface area contributed by atoms with Crippen molar-refractivity contribution in [1.29, 1.82) is 5.26 Å². The van der Waals surface area contributed by atoms with E-state index in [0.29, 0.717) is 40.7 Å². The quantitative estimate of drug-likeness (QED) is 0.642. The summed E-state index contributed by atoms with van der Waals surface area (Å²) >= 11 is 1.25. The van der Waals surface area contributed by atoms with E-state index in [0.717, 1.165) is 24.3 Å². The first-order valence-electron chi connectivity index (χ1n) is 10.5. The third-order valence-electron chi connectivity index (χ3n) is 5.29. The Morgan fingerprint density at radius 2 is 2.12 bits per heavy atom. The van der Waals surface area contributed by atoms with Gasteiger partial charge in [-0.25, -0.2) is 0 Å². The Morgan fingerprint density at radius 1 is 1.31 bits per heavy atom. The lowest BCUT2D eigenvalue weighted by molar-refractivity contribution is -0.116. The van der Waals surface area contributed by atoms with Crippen LogP contribution in [0.15, 0.2) is 69.0 Å². The molecule has 2 N–H and O–H groups in total. The van der Waals surface area contributed by atoms with Crippen molar-refractivity contribution >= 4 is 29.1 Å². The number of benzene rings is 1. The predicted octanol–water partition coefficient (Wildman–Crippen LogP) is 4.48. The van der Waals surface area contributed by atoms with Crippen molar-refractivity contribution in [1.82, 2.24) is 5.32 Å². The maximum absolute atomic E-state index is 12.7. The lowest BCUT2D eigenvalue weighted by Crippen LogP contribution is -2.31. The van der Waals surface area contributed by atoms with E-state index < -0.39 is 5.92 Å². The monoisotopic (exact) mass is 449 g/mol. The van der Waals surface area contributed by atoms with E-state index in [-0.39, 0.29) is 17.4 Å². The van der Waals surface area contributed by atoms with Crippen LogP contribution < -0.4 is 15.4 Å². The zero-order valence-corrected chi connectivity index (χ0v) is 18.5. The summed E-state index contributed by atoms with van der Waals surface area (Å²) in [6, 6.07) is 12.9. The maximum atomic E-state index is 12.7. The number of dihydropyridines is 1. The second-order valence-electron chi connectivity index (χ2n) is 7.39. The molecule has 32 heavy (non-hydrogen) atoms. The first-order chi connectivity index (χ1) is 15.6. The van der Waals surface area contributed by atoms with Crippen molar-refractivity contribution in [3.8, 4) is 11.8 Å². The van der Waals surface area contributed by atoms with E-state index in [4.69, 9.17) is 9.15 Å². The van der Waals surface area contributed by atoms with Gasteiger partial charge in [-0.15, -0.1) is 0 Å². The summed E-state index contributed by atoms with van der Waals surface area (Å²) < 4.78 is 11.0. The number of nitriles is 1. The van der Waals surface area contributed by atoms with Crippen LogP contribution in [0.5, 0.6) is 5.75 Å². The zero-order chi connectivity index (χ0) is 22.5. The summed E-state index contributed by atoms with van der Waals surface area (Å²) in [5.74, 6) is 0.705. The average Bonchev–Trinajstić information content (AvgIpc) is 3.33. The minimum absolute atomic E-state index is 0.0326. The molecule has 2 heterocycles. The number of carbonyl (C=O) groups excluding carboxylic acids is 2. The van der Waals surface area contributed by atoms with Gasteiger partial charge in [0.1, 0.15) is 11.5 Å². The highest BCUT2D eigenvalue weighted by atomic mass is 32.2. The normalized spacial score (nSPS) is 18.0. The van der Waals surface area contributed by atoms with E-state index in [2.05, 4.69) is 16.7 Å². The van der Waals surface area contributed by atoms with Gasteiger partial charge in [-0.1, -0.05) is 11.8 Å². The Labute approximate surface area is 190 Å². The minimum atomic E-state index is -0.546. The number of nitrogens with one attached hydrogen (secondary N) is 2. The van der Waals surface area contributed by atoms with E-state index in [1.54, 1.807) is 36.4 Å². The first-order valence-corrected chi connectivity index (χ1v) is 11.5. The number of furan rings is 1. The molecule has 7 nitrogen and oxygen atoms in total. The van der Waals surface area contributed by atoms with Gasteiger partial charge in [0.15, 0.2) is 5.78 Å². The largest absolute Gasteiger partial charge is 0.494 e. The Balaban J connectivity index is 1.51. The lowest BCUT2D eigenvalue weighted by atomic mass is 9.79. The topological polar surface area (TPSA) is 104 Å². The van der Waals surface area contributed by atoms with E-state index in [9.17, 15) is 14.9 Å². The molecule has 1 aliphatic heterocycles. The number of anilines is 1. The first kappa shape index (κ1) is 21.8. The smallest absolute Gasteiger partial charge is 0.234 e. The molecule has 164 valence electrons. The number of carbonyl (C=O) groups is 2. The Bertz CT molecular complexity index is 1110. The van der Waals surface area contributed by atoms with Crippen LogP contribution in [0.2, 0.25) is 0 Å². The van der Waals surface area contributed by atoms with Gasteiger partial charge in [-0.05, 0) is 56.2 Å². The second-order valence-corrected chi connectivity index (χ2v) is 8.38. The molecule has 2 aliphatic rings. The summed E-state index contributed by atoms with van der Waals surface area (Å²) in [6.45, 7) is 2.49. The number of Topliss-reactive ketones (excluding diaryl/α,β-unsaturated/α-hetero) is 1. The van der Waals surface area contributed by atoms with Crippen LogP contribution >= 0.6 is 11.8 Å². The number of hydrogen-bond donors (Lipinski definition) is 2. The summed E-state index contributed by atoms with van der Waals surface area (Å²) in [4.78, 5) is 25.2. The summed E-state index contributed by atoms with van der Waals surface area (Å²) in [6.07, 6.45) is 3.48. The average molecular weight is 450 g/mol. The molecule has 0 saturated heterocycles. The zero-order valence-electron chi connectivity index (χ0n) is 17.6.